The number of carbonyl (C=O) groups excluding carboxylic acids is 1. The van der Waals surface area contributed by atoms with Gasteiger partial charge in [0.15, 0.2) is 0 Å². The molecule has 2 aromatic rings. The van der Waals surface area contributed by atoms with Crippen molar-refractivity contribution < 1.29 is 4.79 Å². The topological polar surface area (TPSA) is 66.9 Å². The van der Waals surface area contributed by atoms with Crippen molar-refractivity contribution in [3.8, 4) is 0 Å². The van der Waals surface area contributed by atoms with E-state index in [0.29, 0.717) is 18.5 Å². The lowest BCUT2D eigenvalue weighted by Gasteiger charge is -2.10. The second-order valence-electron chi connectivity index (χ2n) is 4.45. The van der Waals surface area contributed by atoms with Crippen molar-refractivity contribution in [1.82, 2.24) is 15.3 Å². The largest absolute Gasteiger partial charge is 0.387 e. The van der Waals surface area contributed by atoms with Gasteiger partial charge in [-0.25, -0.2) is 0 Å². The standard InChI is InChI=1S/C15H18N4O/c1-11-9-14(16-2)13(10-19-11)15(20)18-8-6-12-5-3-4-7-17-12/h3-5,7,9-10H,6,8H2,1-2H3,(H,16,19)(H,18,20). The molecule has 2 heterocycles. The first-order valence-corrected chi connectivity index (χ1v) is 6.53. The van der Waals surface area contributed by atoms with Crippen LogP contribution in [0, 0.1) is 6.92 Å². The van der Waals surface area contributed by atoms with Crippen LogP contribution in [-0.2, 0) is 6.42 Å². The number of hydrogen-bond acceptors (Lipinski definition) is 4. The van der Waals surface area contributed by atoms with Crippen LogP contribution >= 0.6 is 0 Å². The summed E-state index contributed by atoms with van der Waals surface area (Å²) in [5.74, 6) is -0.127. The summed E-state index contributed by atoms with van der Waals surface area (Å²) < 4.78 is 0. The van der Waals surface area contributed by atoms with E-state index < -0.39 is 0 Å². The number of amides is 1. The summed E-state index contributed by atoms with van der Waals surface area (Å²) in [4.78, 5) is 20.5. The van der Waals surface area contributed by atoms with E-state index in [4.69, 9.17) is 0 Å². The zero-order valence-electron chi connectivity index (χ0n) is 11.7. The molecule has 0 saturated carbocycles. The minimum absolute atomic E-state index is 0.127. The summed E-state index contributed by atoms with van der Waals surface area (Å²) in [6.45, 7) is 2.44. The number of nitrogens with one attached hydrogen (secondary N) is 2. The van der Waals surface area contributed by atoms with Crippen molar-refractivity contribution in [3.05, 3.63) is 53.6 Å². The van der Waals surface area contributed by atoms with E-state index in [1.165, 1.54) is 0 Å². The summed E-state index contributed by atoms with van der Waals surface area (Å²) in [5, 5.41) is 5.89. The molecule has 0 atom stereocenters. The summed E-state index contributed by atoms with van der Waals surface area (Å²) in [7, 11) is 1.79. The minimum atomic E-state index is -0.127. The van der Waals surface area contributed by atoms with Crippen molar-refractivity contribution in [2.24, 2.45) is 0 Å². The van der Waals surface area contributed by atoms with Crippen LogP contribution in [0.15, 0.2) is 36.7 Å². The molecule has 0 aliphatic heterocycles. The monoisotopic (exact) mass is 270 g/mol. The number of anilines is 1. The molecular weight excluding hydrogens is 252 g/mol. The highest BCUT2D eigenvalue weighted by Gasteiger charge is 2.11. The Morgan fingerprint density at radius 2 is 2.15 bits per heavy atom. The van der Waals surface area contributed by atoms with Gasteiger partial charge < -0.3 is 10.6 Å². The molecule has 0 fully saturated rings. The predicted molar refractivity (Wildman–Crippen MR) is 78.8 cm³/mol. The van der Waals surface area contributed by atoms with Crippen molar-refractivity contribution in [2.45, 2.75) is 13.3 Å². The lowest BCUT2D eigenvalue weighted by molar-refractivity contribution is 0.0954. The van der Waals surface area contributed by atoms with E-state index in [-0.39, 0.29) is 5.91 Å². The van der Waals surface area contributed by atoms with Gasteiger partial charge >= 0.3 is 0 Å². The molecule has 0 bridgehead atoms. The summed E-state index contributed by atoms with van der Waals surface area (Å²) in [6.07, 6.45) is 4.05. The van der Waals surface area contributed by atoms with E-state index in [1.54, 1.807) is 19.4 Å². The van der Waals surface area contributed by atoms with Gasteiger partial charge in [0.1, 0.15) is 0 Å². The maximum Gasteiger partial charge on any atom is 0.254 e. The second kappa shape index (κ2) is 6.65. The van der Waals surface area contributed by atoms with Crippen molar-refractivity contribution >= 4 is 11.6 Å². The fraction of sp³-hybridized carbons (Fsp3) is 0.267. The average Bonchev–Trinajstić information content (AvgIpc) is 2.48. The van der Waals surface area contributed by atoms with Crippen LogP contribution in [0.2, 0.25) is 0 Å². The van der Waals surface area contributed by atoms with Crippen molar-refractivity contribution in [2.75, 3.05) is 18.9 Å². The Hall–Kier alpha value is -2.43. The Labute approximate surface area is 118 Å². The van der Waals surface area contributed by atoms with Gasteiger partial charge in [0.25, 0.3) is 5.91 Å². The molecule has 0 aromatic carbocycles. The molecule has 0 spiro atoms. The number of nitrogens with zero attached hydrogens (tertiary/aromatic N) is 2. The van der Waals surface area contributed by atoms with Crippen LogP contribution in [0.5, 0.6) is 0 Å². The van der Waals surface area contributed by atoms with E-state index in [1.807, 2.05) is 31.2 Å². The molecule has 2 N–H and O–H groups in total. The third kappa shape index (κ3) is 3.54. The van der Waals surface area contributed by atoms with Gasteiger partial charge in [-0.2, -0.15) is 0 Å². The Kier molecular flexibility index (Phi) is 4.65. The molecule has 0 radical (unpaired) electrons. The van der Waals surface area contributed by atoms with E-state index in [2.05, 4.69) is 20.6 Å². The van der Waals surface area contributed by atoms with Crippen molar-refractivity contribution in [1.29, 1.82) is 0 Å². The van der Waals surface area contributed by atoms with Gasteiger partial charge in [0.2, 0.25) is 0 Å². The molecule has 2 rings (SSSR count). The molecule has 20 heavy (non-hydrogen) atoms. The van der Waals surface area contributed by atoms with E-state index >= 15 is 0 Å². The predicted octanol–water partition coefficient (Wildman–Crippen LogP) is 1.80. The first kappa shape index (κ1) is 14.0. The fourth-order valence-electron chi connectivity index (χ4n) is 1.89. The summed E-state index contributed by atoms with van der Waals surface area (Å²) in [6, 6.07) is 7.61. The van der Waals surface area contributed by atoms with Gasteiger partial charge in [-0.1, -0.05) is 6.07 Å². The van der Waals surface area contributed by atoms with Crippen LogP contribution in [0.25, 0.3) is 0 Å². The van der Waals surface area contributed by atoms with Gasteiger partial charge in [-0.05, 0) is 25.1 Å². The Morgan fingerprint density at radius 1 is 1.30 bits per heavy atom. The van der Waals surface area contributed by atoms with Gasteiger partial charge in [0, 0.05) is 43.8 Å². The van der Waals surface area contributed by atoms with Crippen LogP contribution in [0.3, 0.4) is 0 Å². The molecular formula is C15H18N4O. The Balaban J connectivity index is 1.95. The van der Waals surface area contributed by atoms with Crippen LogP contribution in [-0.4, -0.2) is 29.5 Å². The Morgan fingerprint density at radius 3 is 2.85 bits per heavy atom. The van der Waals surface area contributed by atoms with Crippen LogP contribution in [0.4, 0.5) is 5.69 Å². The zero-order valence-corrected chi connectivity index (χ0v) is 11.7. The molecule has 104 valence electrons. The van der Waals surface area contributed by atoms with Gasteiger partial charge in [-0.15, -0.1) is 0 Å². The molecule has 0 aliphatic carbocycles. The minimum Gasteiger partial charge on any atom is -0.387 e. The number of aromatic nitrogens is 2. The second-order valence-corrected chi connectivity index (χ2v) is 4.45. The number of carbonyl (C=O) groups is 1. The molecule has 5 heteroatoms. The van der Waals surface area contributed by atoms with Crippen LogP contribution < -0.4 is 10.6 Å². The maximum absolute atomic E-state index is 12.1. The first-order valence-electron chi connectivity index (χ1n) is 6.53. The average molecular weight is 270 g/mol. The normalized spacial score (nSPS) is 10.1. The summed E-state index contributed by atoms with van der Waals surface area (Å²) in [5.41, 5.74) is 3.18. The van der Waals surface area contributed by atoms with E-state index in [9.17, 15) is 4.79 Å². The molecule has 1 amide bonds. The highest BCUT2D eigenvalue weighted by Crippen LogP contribution is 2.14. The molecule has 5 nitrogen and oxygen atoms in total. The lowest BCUT2D eigenvalue weighted by Crippen LogP contribution is -2.26. The molecule has 0 saturated heterocycles. The third-order valence-corrected chi connectivity index (χ3v) is 2.95. The molecule has 0 unspecified atom stereocenters. The fourth-order valence-corrected chi connectivity index (χ4v) is 1.89. The number of rotatable bonds is 5. The van der Waals surface area contributed by atoms with Gasteiger partial charge in [-0.3, -0.25) is 14.8 Å². The highest BCUT2D eigenvalue weighted by atomic mass is 16.1. The SMILES string of the molecule is CNc1cc(C)ncc1C(=O)NCCc1ccccn1. The zero-order chi connectivity index (χ0) is 14.4. The smallest absolute Gasteiger partial charge is 0.254 e. The van der Waals surface area contributed by atoms with E-state index in [0.717, 1.165) is 17.1 Å². The number of pyridine rings is 2. The third-order valence-electron chi connectivity index (χ3n) is 2.95. The summed E-state index contributed by atoms with van der Waals surface area (Å²) >= 11 is 0. The highest BCUT2D eigenvalue weighted by molar-refractivity contribution is 5.99. The molecule has 2 aromatic heterocycles. The number of aryl methyl sites for hydroxylation is 1. The Bertz CT molecular complexity index is 584. The molecule has 0 aliphatic rings. The maximum atomic E-state index is 12.1. The number of hydrogen-bond donors (Lipinski definition) is 2. The van der Waals surface area contributed by atoms with Gasteiger partial charge in [0.05, 0.1) is 11.3 Å². The van der Waals surface area contributed by atoms with Crippen molar-refractivity contribution in [3.63, 3.8) is 0 Å². The first-order chi connectivity index (χ1) is 9.70. The van der Waals surface area contributed by atoms with Crippen LogP contribution in [0.1, 0.15) is 21.7 Å². The quantitative estimate of drug-likeness (QED) is 0.869. The lowest BCUT2D eigenvalue weighted by atomic mass is 10.2.